The fourth-order valence-electron chi connectivity index (χ4n) is 1.66. The summed E-state index contributed by atoms with van der Waals surface area (Å²) in [5.74, 6) is 0. The van der Waals surface area contributed by atoms with Crippen LogP contribution in [0.1, 0.15) is 24.6 Å². The lowest BCUT2D eigenvalue weighted by molar-refractivity contribution is 0.564. The number of hydrogen-bond acceptors (Lipinski definition) is 6. The first-order chi connectivity index (χ1) is 8.16. The van der Waals surface area contributed by atoms with Crippen LogP contribution in [0.2, 0.25) is 0 Å². The second-order valence-electron chi connectivity index (χ2n) is 4.17. The Balaban J connectivity index is 1.93. The summed E-state index contributed by atoms with van der Waals surface area (Å²) < 4.78 is 3.63. The van der Waals surface area contributed by atoms with E-state index in [1.165, 1.54) is 11.8 Å². The SMILES string of the molecule is Cc1nn(C)c(Sc2nnnn2C2CC2)c1N. The minimum absolute atomic E-state index is 0.461. The molecule has 1 aliphatic carbocycles. The molecule has 2 heterocycles. The van der Waals surface area contributed by atoms with Crippen LogP contribution in [0.4, 0.5) is 5.69 Å². The Bertz CT molecular complexity index is 554. The molecule has 2 aromatic heterocycles. The molecular weight excluding hydrogens is 238 g/mol. The molecule has 8 heteroatoms. The van der Waals surface area contributed by atoms with Gasteiger partial charge in [0.1, 0.15) is 5.03 Å². The van der Waals surface area contributed by atoms with Crippen molar-refractivity contribution in [3.05, 3.63) is 5.69 Å². The summed E-state index contributed by atoms with van der Waals surface area (Å²) >= 11 is 1.47. The van der Waals surface area contributed by atoms with Gasteiger partial charge in [-0.15, -0.1) is 5.10 Å². The number of nitrogens with two attached hydrogens (primary N) is 1. The number of hydrogen-bond donors (Lipinski definition) is 1. The zero-order valence-corrected chi connectivity index (χ0v) is 10.5. The van der Waals surface area contributed by atoms with Crippen LogP contribution < -0.4 is 5.73 Å². The molecule has 2 N–H and O–H groups in total. The van der Waals surface area contributed by atoms with Crippen molar-refractivity contribution in [3.8, 4) is 0 Å². The molecule has 0 unspecified atom stereocenters. The summed E-state index contributed by atoms with van der Waals surface area (Å²) in [6, 6.07) is 0.461. The molecule has 90 valence electrons. The molecule has 0 amide bonds. The molecule has 1 aliphatic rings. The van der Waals surface area contributed by atoms with Gasteiger partial charge in [-0.3, -0.25) is 4.68 Å². The van der Waals surface area contributed by atoms with Gasteiger partial charge in [-0.25, -0.2) is 4.68 Å². The van der Waals surface area contributed by atoms with E-state index in [9.17, 15) is 0 Å². The van der Waals surface area contributed by atoms with Crippen LogP contribution in [-0.4, -0.2) is 30.0 Å². The normalized spacial score (nSPS) is 15.4. The van der Waals surface area contributed by atoms with E-state index in [1.54, 1.807) is 4.68 Å². The molecule has 1 saturated carbocycles. The van der Waals surface area contributed by atoms with Gasteiger partial charge in [0, 0.05) is 7.05 Å². The van der Waals surface area contributed by atoms with Gasteiger partial charge in [0.15, 0.2) is 0 Å². The third-order valence-electron chi connectivity index (χ3n) is 2.76. The monoisotopic (exact) mass is 251 g/mol. The van der Waals surface area contributed by atoms with Crippen LogP contribution in [-0.2, 0) is 7.05 Å². The van der Waals surface area contributed by atoms with Gasteiger partial charge >= 0.3 is 0 Å². The Labute approximate surface area is 102 Å². The number of aromatic nitrogens is 6. The highest BCUT2D eigenvalue weighted by Gasteiger charge is 2.28. The quantitative estimate of drug-likeness (QED) is 0.867. The maximum Gasteiger partial charge on any atom is 0.215 e. The molecule has 0 saturated heterocycles. The molecular formula is C9H13N7S. The molecule has 0 spiro atoms. The molecule has 3 rings (SSSR count). The van der Waals surface area contributed by atoms with Crippen molar-refractivity contribution in [1.29, 1.82) is 0 Å². The van der Waals surface area contributed by atoms with E-state index in [0.717, 1.165) is 28.7 Å². The number of nitrogen functional groups attached to an aromatic ring is 1. The van der Waals surface area contributed by atoms with Gasteiger partial charge in [-0.05, 0) is 42.0 Å². The molecule has 0 aromatic carbocycles. The zero-order valence-electron chi connectivity index (χ0n) is 9.66. The van der Waals surface area contributed by atoms with Crippen LogP contribution in [0.3, 0.4) is 0 Å². The lowest BCUT2D eigenvalue weighted by Gasteiger charge is -2.03. The van der Waals surface area contributed by atoms with Crippen molar-refractivity contribution < 1.29 is 0 Å². The van der Waals surface area contributed by atoms with Gasteiger partial charge in [-0.1, -0.05) is 0 Å². The molecule has 0 radical (unpaired) electrons. The average molecular weight is 251 g/mol. The van der Waals surface area contributed by atoms with Crippen LogP contribution >= 0.6 is 11.8 Å². The van der Waals surface area contributed by atoms with E-state index in [1.807, 2.05) is 18.7 Å². The van der Waals surface area contributed by atoms with Crippen molar-refractivity contribution >= 4 is 17.4 Å². The number of tetrazole rings is 1. The summed E-state index contributed by atoms with van der Waals surface area (Å²) in [5.41, 5.74) is 7.51. The number of rotatable bonds is 3. The van der Waals surface area contributed by atoms with Crippen molar-refractivity contribution in [1.82, 2.24) is 30.0 Å². The topological polar surface area (TPSA) is 87.4 Å². The molecule has 0 bridgehead atoms. The number of anilines is 1. The van der Waals surface area contributed by atoms with Crippen LogP contribution in [0.15, 0.2) is 10.2 Å². The van der Waals surface area contributed by atoms with E-state index >= 15 is 0 Å². The third-order valence-corrected chi connectivity index (χ3v) is 3.89. The molecule has 7 nitrogen and oxygen atoms in total. The molecule has 0 aliphatic heterocycles. The van der Waals surface area contributed by atoms with Crippen LogP contribution in [0, 0.1) is 6.92 Å². The largest absolute Gasteiger partial charge is 0.395 e. The van der Waals surface area contributed by atoms with Crippen LogP contribution in [0.25, 0.3) is 0 Å². The van der Waals surface area contributed by atoms with Gasteiger partial charge < -0.3 is 5.73 Å². The maximum absolute atomic E-state index is 5.98. The van der Waals surface area contributed by atoms with E-state index in [-0.39, 0.29) is 0 Å². The van der Waals surface area contributed by atoms with E-state index in [4.69, 9.17) is 5.73 Å². The summed E-state index contributed by atoms with van der Waals surface area (Å²) in [4.78, 5) is 0. The number of aryl methyl sites for hydroxylation is 2. The molecule has 17 heavy (non-hydrogen) atoms. The van der Waals surface area contributed by atoms with Crippen molar-refractivity contribution in [2.24, 2.45) is 7.05 Å². The van der Waals surface area contributed by atoms with Crippen molar-refractivity contribution in [2.75, 3.05) is 5.73 Å². The van der Waals surface area contributed by atoms with Gasteiger partial charge in [0.05, 0.1) is 17.4 Å². The highest BCUT2D eigenvalue weighted by atomic mass is 32.2. The van der Waals surface area contributed by atoms with E-state index in [0.29, 0.717) is 11.7 Å². The smallest absolute Gasteiger partial charge is 0.215 e. The Morgan fingerprint density at radius 2 is 2.18 bits per heavy atom. The van der Waals surface area contributed by atoms with E-state index in [2.05, 4.69) is 20.6 Å². The first-order valence-electron chi connectivity index (χ1n) is 5.41. The minimum Gasteiger partial charge on any atom is -0.395 e. The molecule has 0 atom stereocenters. The lowest BCUT2D eigenvalue weighted by Crippen LogP contribution is -2.00. The Morgan fingerprint density at radius 1 is 1.41 bits per heavy atom. The predicted octanol–water partition coefficient (Wildman–Crippen LogP) is 0.783. The first kappa shape index (κ1) is 10.6. The maximum atomic E-state index is 5.98. The predicted molar refractivity (Wildman–Crippen MR) is 62.6 cm³/mol. The highest BCUT2D eigenvalue weighted by Crippen LogP contribution is 2.39. The Hall–Kier alpha value is -1.57. The second-order valence-corrected chi connectivity index (χ2v) is 5.12. The van der Waals surface area contributed by atoms with E-state index < -0.39 is 0 Å². The van der Waals surface area contributed by atoms with Crippen LogP contribution in [0.5, 0.6) is 0 Å². The van der Waals surface area contributed by atoms with Crippen molar-refractivity contribution in [3.63, 3.8) is 0 Å². The standard InChI is InChI=1S/C9H13N7S/c1-5-7(10)8(15(2)12-5)17-9-11-13-14-16(9)6-3-4-6/h6H,3-4,10H2,1-2H3. The fourth-order valence-corrected chi connectivity index (χ4v) is 2.62. The molecule has 1 fully saturated rings. The van der Waals surface area contributed by atoms with Gasteiger partial charge in [0.2, 0.25) is 5.16 Å². The van der Waals surface area contributed by atoms with Gasteiger partial charge in [0.25, 0.3) is 0 Å². The summed E-state index contributed by atoms with van der Waals surface area (Å²) in [5, 5.41) is 17.7. The summed E-state index contributed by atoms with van der Waals surface area (Å²) in [6.45, 7) is 1.89. The second kappa shape index (κ2) is 3.73. The Morgan fingerprint density at radius 3 is 2.76 bits per heavy atom. The summed E-state index contributed by atoms with van der Waals surface area (Å²) in [6.07, 6.45) is 2.30. The molecule has 2 aromatic rings. The fraction of sp³-hybridized carbons (Fsp3) is 0.556. The average Bonchev–Trinajstić information content (AvgIpc) is 2.99. The van der Waals surface area contributed by atoms with Crippen molar-refractivity contribution in [2.45, 2.75) is 36.0 Å². The minimum atomic E-state index is 0.461. The third kappa shape index (κ3) is 1.78. The first-order valence-corrected chi connectivity index (χ1v) is 6.23. The highest BCUT2D eigenvalue weighted by molar-refractivity contribution is 7.99. The lowest BCUT2D eigenvalue weighted by atomic mass is 10.4. The van der Waals surface area contributed by atoms with Gasteiger partial charge in [-0.2, -0.15) is 5.10 Å². The zero-order chi connectivity index (χ0) is 12.0. The number of nitrogens with zero attached hydrogens (tertiary/aromatic N) is 6. The Kier molecular flexibility index (Phi) is 2.32. The summed E-state index contributed by atoms with van der Waals surface area (Å²) in [7, 11) is 1.87.